The molecule has 1 saturated carbocycles. The van der Waals surface area contributed by atoms with E-state index >= 15 is 0 Å². The van der Waals surface area contributed by atoms with Gasteiger partial charge in [0, 0.05) is 6.04 Å². The molecule has 0 spiro atoms. The first-order chi connectivity index (χ1) is 9.95. The van der Waals surface area contributed by atoms with Gasteiger partial charge in [0.25, 0.3) is 5.91 Å². The van der Waals surface area contributed by atoms with E-state index in [4.69, 9.17) is 27.9 Å². The standard InChI is InChI=1S/C15H17Cl2NO3/c1-9(11-3-4-11)18-14(19)8-21-15(20)7-10-2-5-12(16)13(17)6-10/h2,5-6,9,11H,3-4,7-8H2,1H3,(H,18,19)/t9-/m1/s1. The molecule has 1 aromatic carbocycles. The van der Waals surface area contributed by atoms with Crippen LogP contribution in [0.1, 0.15) is 25.3 Å². The Labute approximate surface area is 133 Å². The monoisotopic (exact) mass is 329 g/mol. The van der Waals surface area contributed by atoms with Crippen molar-refractivity contribution in [3.8, 4) is 0 Å². The summed E-state index contributed by atoms with van der Waals surface area (Å²) in [4.78, 5) is 23.3. The molecule has 6 heteroatoms. The molecule has 4 nitrogen and oxygen atoms in total. The largest absolute Gasteiger partial charge is 0.455 e. The molecular weight excluding hydrogens is 313 g/mol. The highest BCUT2D eigenvalue weighted by Crippen LogP contribution is 2.32. The van der Waals surface area contributed by atoms with Gasteiger partial charge in [-0.25, -0.2) is 0 Å². The fourth-order valence-corrected chi connectivity index (χ4v) is 2.34. The Bertz CT molecular complexity index is 544. The first-order valence-electron chi connectivity index (χ1n) is 6.84. The molecule has 1 aromatic rings. The molecule has 0 bridgehead atoms. The van der Waals surface area contributed by atoms with E-state index in [1.54, 1.807) is 18.2 Å². The van der Waals surface area contributed by atoms with E-state index < -0.39 is 5.97 Å². The quantitative estimate of drug-likeness (QED) is 0.816. The predicted molar refractivity (Wildman–Crippen MR) is 81.5 cm³/mol. The average molecular weight is 330 g/mol. The van der Waals surface area contributed by atoms with E-state index in [0.717, 1.165) is 12.8 Å². The third-order valence-electron chi connectivity index (χ3n) is 3.41. The zero-order valence-electron chi connectivity index (χ0n) is 11.7. The number of carbonyl (C=O) groups is 2. The van der Waals surface area contributed by atoms with Gasteiger partial charge in [-0.2, -0.15) is 0 Å². The molecule has 0 aliphatic heterocycles. The lowest BCUT2D eigenvalue weighted by Gasteiger charge is -2.12. The number of ether oxygens (including phenoxy) is 1. The Morgan fingerprint density at radius 3 is 2.67 bits per heavy atom. The van der Waals surface area contributed by atoms with Gasteiger partial charge in [-0.15, -0.1) is 0 Å². The van der Waals surface area contributed by atoms with Gasteiger partial charge in [0.1, 0.15) is 0 Å². The molecule has 1 atom stereocenters. The third kappa shape index (κ3) is 5.21. The summed E-state index contributed by atoms with van der Waals surface area (Å²) in [5.41, 5.74) is 0.696. The van der Waals surface area contributed by atoms with Crippen LogP contribution in [0.25, 0.3) is 0 Å². The summed E-state index contributed by atoms with van der Waals surface area (Å²) in [5.74, 6) is -0.166. The lowest BCUT2D eigenvalue weighted by molar-refractivity contribution is -0.148. The Morgan fingerprint density at radius 2 is 2.05 bits per heavy atom. The molecular formula is C15H17Cl2NO3. The highest BCUT2D eigenvalue weighted by molar-refractivity contribution is 6.42. The van der Waals surface area contributed by atoms with Crippen LogP contribution in [0, 0.1) is 5.92 Å². The fourth-order valence-electron chi connectivity index (χ4n) is 2.02. The van der Waals surface area contributed by atoms with Crippen molar-refractivity contribution in [2.24, 2.45) is 5.92 Å². The van der Waals surface area contributed by atoms with E-state index in [1.807, 2.05) is 6.92 Å². The molecule has 2 rings (SSSR count). The van der Waals surface area contributed by atoms with Gasteiger partial charge in [-0.1, -0.05) is 29.3 Å². The predicted octanol–water partition coefficient (Wildman–Crippen LogP) is 2.99. The van der Waals surface area contributed by atoms with Crippen LogP contribution in [0.4, 0.5) is 0 Å². The Hall–Kier alpha value is -1.26. The van der Waals surface area contributed by atoms with Crippen LogP contribution in [-0.2, 0) is 20.7 Å². The van der Waals surface area contributed by atoms with Crippen LogP contribution in [0.5, 0.6) is 0 Å². The highest BCUT2D eigenvalue weighted by atomic mass is 35.5. The fraction of sp³-hybridized carbons (Fsp3) is 0.467. The molecule has 0 aromatic heterocycles. The number of hydrogen-bond donors (Lipinski definition) is 1. The molecule has 1 aliphatic carbocycles. The van der Waals surface area contributed by atoms with Gasteiger partial charge in [0.15, 0.2) is 6.61 Å². The minimum atomic E-state index is -0.470. The van der Waals surface area contributed by atoms with Crippen LogP contribution in [0.15, 0.2) is 18.2 Å². The normalized spacial score (nSPS) is 15.4. The number of carbonyl (C=O) groups excluding carboxylic acids is 2. The molecule has 21 heavy (non-hydrogen) atoms. The summed E-state index contributed by atoms with van der Waals surface area (Å²) in [5, 5.41) is 3.64. The van der Waals surface area contributed by atoms with Gasteiger partial charge in [-0.05, 0) is 43.4 Å². The first-order valence-corrected chi connectivity index (χ1v) is 7.60. The molecule has 114 valence electrons. The first kappa shape index (κ1) is 16.1. The lowest BCUT2D eigenvalue weighted by atomic mass is 10.1. The zero-order chi connectivity index (χ0) is 15.4. The number of halogens is 2. The molecule has 0 unspecified atom stereocenters. The molecule has 1 aliphatic rings. The van der Waals surface area contributed by atoms with Crippen LogP contribution >= 0.6 is 23.2 Å². The average Bonchev–Trinajstić information content (AvgIpc) is 3.25. The smallest absolute Gasteiger partial charge is 0.310 e. The van der Waals surface area contributed by atoms with Crippen molar-refractivity contribution in [1.82, 2.24) is 5.32 Å². The SMILES string of the molecule is C[C@@H](NC(=O)COC(=O)Cc1ccc(Cl)c(Cl)c1)C1CC1. The number of nitrogens with one attached hydrogen (secondary N) is 1. The molecule has 1 amide bonds. The number of hydrogen-bond acceptors (Lipinski definition) is 3. The lowest BCUT2D eigenvalue weighted by Crippen LogP contribution is -2.37. The molecule has 0 saturated heterocycles. The minimum absolute atomic E-state index is 0.0579. The number of benzene rings is 1. The number of esters is 1. The van der Waals surface area contributed by atoms with Crippen LogP contribution in [0.3, 0.4) is 0 Å². The molecule has 1 N–H and O–H groups in total. The Morgan fingerprint density at radius 1 is 1.33 bits per heavy atom. The second-order valence-electron chi connectivity index (χ2n) is 5.28. The van der Waals surface area contributed by atoms with Crippen molar-refractivity contribution in [3.63, 3.8) is 0 Å². The van der Waals surface area contributed by atoms with Crippen molar-refractivity contribution in [3.05, 3.63) is 33.8 Å². The Kier molecular flexibility index (Phi) is 5.48. The maximum absolute atomic E-state index is 11.7. The molecule has 0 radical (unpaired) electrons. The van der Waals surface area contributed by atoms with Crippen LogP contribution < -0.4 is 5.32 Å². The van der Waals surface area contributed by atoms with E-state index in [1.165, 1.54) is 0 Å². The van der Waals surface area contributed by atoms with E-state index in [0.29, 0.717) is 21.5 Å². The summed E-state index contributed by atoms with van der Waals surface area (Å²) < 4.78 is 4.95. The van der Waals surface area contributed by atoms with Gasteiger partial charge >= 0.3 is 5.97 Å². The van der Waals surface area contributed by atoms with Gasteiger partial charge in [-0.3, -0.25) is 9.59 Å². The van der Waals surface area contributed by atoms with Crippen LogP contribution in [0.2, 0.25) is 10.0 Å². The summed E-state index contributed by atoms with van der Waals surface area (Å²) in [6.45, 7) is 1.71. The van der Waals surface area contributed by atoms with Crippen molar-refractivity contribution in [2.75, 3.05) is 6.61 Å². The molecule has 0 heterocycles. The van der Waals surface area contributed by atoms with Gasteiger partial charge in [0.2, 0.25) is 0 Å². The summed E-state index contributed by atoms with van der Waals surface area (Å²) in [6.07, 6.45) is 2.36. The number of amides is 1. The van der Waals surface area contributed by atoms with Crippen molar-refractivity contribution < 1.29 is 14.3 Å². The van der Waals surface area contributed by atoms with E-state index in [-0.39, 0.29) is 25.0 Å². The maximum atomic E-state index is 11.7. The second kappa shape index (κ2) is 7.14. The third-order valence-corrected chi connectivity index (χ3v) is 4.15. The zero-order valence-corrected chi connectivity index (χ0v) is 13.2. The Balaban J connectivity index is 1.73. The van der Waals surface area contributed by atoms with E-state index in [9.17, 15) is 9.59 Å². The van der Waals surface area contributed by atoms with Gasteiger partial charge < -0.3 is 10.1 Å². The van der Waals surface area contributed by atoms with Crippen molar-refractivity contribution in [2.45, 2.75) is 32.2 Å². The number of rotatable bonds is 6. The summed E-state index contributed by atoms with van der Waals surface area (Å²) >= 11 is 11.7. The topological polar surface area (TPSA) is 55.4 Å². The van der Waals surface area contributed by atoms with Gasteiger partial charge in [0.05, 0.1) is 16.5 Å². The van der Waals surface area contributed by atoms with E-state index in [2.05, 4.69) is 5.32 Å². The second-order valence-corrected chi connectivity index (χ2v) is 6.09. The summed E-state index contributed by atoms with van der Waals surface area (Å²) in [6, 6.07) is 5.08. The summed E-state index contributed by atoms with van der Waals surface area (Å²) in [7, 11) is 0. The molecule has 1 fully saturated rings. The minimum Gasteiger partial charge on any atom is -0.455 e. The van der Waals surface area contributed by atoms with Crippen molar-refractivity contribution in [1.29, 1.82) is 0 Å². The highest BCUT2D eigenvalue weighted by Gasteiger charge is 2.28. The van der Waals surface area contributed by atoms with Crippen molar-refractivity contribution >= 4 is 35.1 Å². The van der Waals surface area contributed by atoms with Crippen LogP contribution in [-0.4, -0.2) is 24.5 Å². The maximum Gasteiger partial charge on any atom is 0.310 e.